The predicted molar refractivity (Wildman–Crippen MR) is 120 cm³/mol. The SMILES string of the molecule is CC1=Nc2c(c(=O)[nH]n2C2CCOC(C)(C)C2)C(c2cn[nH]c2-c2ccc(F)cc2)S1. The molecule has 0 aliphatic carbocycles. The third-order valence-electron chi connectivity index (χ3n) is 5.87. The molecule has 2 atom stereocenters. The van der Waals surface area contributed by atoms with E-state index in [-0.39, 0.29) is 28.3 Å². The lowest BCUT2D eigenvalue weighted by Gasteiger charge is -2.36. The molecular weight excluding hydrogens is 417 g/mol. The highest BCUT2D eigenvalue weighted by molar-refractivity contribution is 8.14. The van der Waals surface area contributed by atoms with Crippen molar-refractivity contribution in [2.24, 2.45) is 4.99 Å². The predicted octanol–water partition coefficient (Wildman–Crippen LogP) is 4.72. The molecule has 0 radical (unpaired) electrons. The molecule has 1 aromatic carbocycles. The van der Waals surface area contributed by atoms with Gasteiger partial charge in [0, 0.05) is 17.7 Å². The number of thioether (sulfide) groups is 1. The van der Waals surface area contributed by atoms with Gasteiger partial charge < -0.3 is 4.74 Å². The highest BCUT2D eigenvalue weighted by Crippen LogP contribution is 2.47. The van der Waals surface area contributed by atoms with Gasteiger partial charge in [-0.1, -0.05) is 11.8 Å². The minimum absolute atomic E-state index is 0.112. The van der Waals surface area contributed by atoms with Crippen LogP contribution in [0.15, 0.2) is 40.2 Å². The van der Waals surface area contributed by atoms with Gasteiger partial charge in [0.1, 0.15) is 5.82 Å². The van der Waals surface area contributed by atoms with E-state index in [1.165, 1.54) is 23.9 Å². The Morgan fingerprint density at radius 1 is 1.29 bits per heavy atom. The van der Waals surface area contributed by atoms with Crippen LogP contribution < -0.4 is 5.56 Å². The van der Waals surface area contributed by atoms with Crippen molar-refractivity contribution < 1.29 is 9.13 Å². The second kappa shape index (κ2) is 7.49. The fourth-order valence-corrected chi connectivity index (χ4v) is 5.57. The number of benzene rings is 1. The molecule has 2 aliphatic heterocycles. The summed E-state index contributed by atoms with van der Waals surface area (Å²) in [4.78, 5) is 17.9. The molecular formula is C22H24FN5O2S. The molecule has 2 N–H and O–H groups in total. The molecule has 0 spiro atoms. The first kappa shape index (κ1) is 20.3. The lowest BCUT2D eigenvalue weighted by atomic mass is 9.94. The lowest BCUT2D eigenvalue weighted by molar-refractivity contribution is -0.0705. The van der Waals surface area contributed by atoms with E-state index in [0.29, 0.717) is 18.0 Å². The van der Waals surface area contributed by atoms with Crippen LogP contribution in [0.5, 0.6) is 0 Å². The quantitative estimate of drug-likeness (QED) is 0.616. The van der Waals surface area contributed by atoms with Gasteiger partial charge in [0.15, 0.2) is 5.82 Å². The van der Waals surface area contributed by atoms with Crippen LogP contribution in [0.25, 0.3) is 11.3 Å². The Labute approximate surface area is 183 Å². The summed E-state index contributed by atoms with van der Waals surface area (Å²) in [5.74, 6) is 0.384. The van der Waals surface area contributed by atoms with Crippen LogP contribution in [0.3, 0.4) is 0 Å². The van der Waals surface area contributed by atoms with Crippen molar-refractivity contribution in [1.82, 2.24) is 20.0 Å². The maximum atomic E-state index is 13.4. The summed E-state index contributed by atoms with van der Waals surface area (Å²) in [7, 11) is 0. The number of aliphatic imine (C=N–C) groups is 1. The Morgan fingerprint density at radius 2 is 2.06 bits per heavy atom. The number of fused-ring (bicyclic) bond motifs is 1. The topological polar surface area (TPSA) is 88.1 Å². The van der Waals surface area contributed by atoms with Gasteiger partial charge in [0.2, 0.25) is 0 Å². The second-order valence-corrected chi connectivity index (χ2v) is 9.94. The van der Waals surface area contributed by atoms with E-state index in [4.69, 9.17) is 9.73 Å². The van der Waals surface area contributed by atoms with E-state index in [2.05, 4.69) is 29.1 Å². The number of nitrogens with zero attached hydrogens (tertiary/aromatic N) is 3. The van der Waals surface area contributed by atoms with Crippen molar-refractivity contribution in [3.8, 4) is 11.3 Å². The zero-order valence-corrected chi connectivity index (χ0v) is 18.4. The molecule has 1 saturated heterocycles. The van der Waals surface area contributed by atoms with Gasteiger partial charge in [0.05, 0.1) is 39.4 Å². The van der Waals surface area contributed by atoms with E-state index >= 15 is 0 Å². The molecule has 4 heterocycles. The zero-order chi connectivity index (χ0) is 21.8. The third-order valence-corrected chi connectivity index (χ3v) is 7.03. The zero-order valence-electron chi connectivity index (χ0n) is 17.6. The Balaban J connectivity index is 1.59. The van der Waals surface area contributed by atoms with Gasteiger partial charge in [0.25, 0.3) is 5.56 Å². The normalized spacial score (nSPS) is 22.8. The Hall–Kier alpha value is -2.65. The van der Waals surface area contributed by atoms with Crippen molar-refractivity contribution in [1.29, 1.82) is 0 Å². The summed E-state index contributed by atoms with van der Waals surface area (Å²) in [5, 5.41) is 10.9. The van der Waals surface area contributed by atoms with Crippen molar-refractivity contribution in [3.05, 3.63) is 57.8 Å². The van der Waals surface area contributed by atoms with Gasteiger partial charge in [-0.2, -0.15) is 5.10 Å². The highest BCUT2D eigenvalue weighted by Gasteiger charge is 2.36. The van der Waals surface area contributed by atoms with Crippen LogP contribution >= 0.6 is 11.8 Å². The van der Waals surface area contributed by atoms with E-state index < -0.39 is 0 Å². The Kier molecular flexibility index (Phi) is 4.90. The summed E-state index contributed by atoms with van der Waals surface area (Å²) in [6, 6.07) is 6.37. The fourth-order valence-electron chi connectivity index (χ4n) is 4.45. The van der Waals surface area contributed by atoms with E-state index in [0.717, 1.165) is 34.7 Å². The number of aromatic amines is 2. The first-order chi connectivity index (χ1) is 14.8. The van der Waals surface area contributed by atoms with Crippen LogP contribution in [0.1, 0.15) is 56.0 Å². The van der Waals surface area contributed by atoms with Gasteiger partial charge in [-0.05, 0) is 57.9 Å². The van der Waals surface area contributed by atoms with Gasteiger partial charge in [-0.3, -0.25) is 19.7 Å². The summed E-state index contributed by atoms with van der Waals surface area (Å²) >= 11 is 1.53. The lowest BCUT2D eigenvalue weighted by Crippen LogP contribution is -2.35. The molecule has 0 saturated carbocycles. The maximum Gasteiger partial charge on any atom is 0.271 e. The molecule has 7 nitrogen and oxygen atoms in total. The minimum Gasteiger partial charge on any atom is -0.375 e. The summed E-state index contributed by atoms with van der Waals surface area (Å²) < 4.78 is 21.2. The third kappa shape index (κ3) is 3.65. The number of hydrogen-bond acceptors (Lipinski definition) is 5. The van der Waals surface area contributed by atoms with Crippen molar-refractivity contribution >= 4 is 22.6 Å². The summed E-state index contributed by atoms with van der Waals surface area (Å²) in [6.45, 7) is 6.74. The first-order valence-corrected chi connectivity index (χ1v) is 11.2. The van der Waals surface area contributed by atoms with Crippen LogP contribution in [0.2, 0.25) is 0 Å². The van der Waals surface area contributed by atoms with Gasteiger partial charge >= 0.3 is 0 Å². The fraction of sp³-hybridized carbons (Fsp3) is 0.409. The standard InChI is InChI=1S/C22H24FN5O2S/c1-12-25-20-17(21(29)27-28(20)15-8-9-30-22(2,3)10-15)19(31-12)16-11-24-26-18(16)13-4-6-14(23)7-5-13/h4-7,11,15,19H,8-10H2,1-3H3,(H,24,26)(H,27,29). The summed E-state index contributed by atoms with van der Waals surface area (Å²) in [5.41, 5.74) is 2.71. The van der Waals surface area contributed by atoms with Crippen LogP contribution in [0.4, 0.5) is 10.2 Å². The number of ether oxygens (including phenoxy) is 1. The molecule has 0 bridgehead atoms. The van der Waals surface area contributed by atoms with Gasteiger partial charge in [-0.15, -0.1) is 0 Å². The maximum absolute atomic E-state index is 13.4. The molecule has 162 valence electrons. The number of halogens is 1. The van der Waals surface area contributed by atoms with E-state index in [9.17, 15) is 9.18 Å². The average molecular weight is 442 g/mol. The number of H-pyrrole nitrogens is 2. The molecule has 31 heavy (non-hydrogen) atoms. The Morgan fingerprint density at radius 3 is 2.81 bits per heavy atom. The largest absolute Gasteiger partial charge is 0.375 e. The molecule has 3 aromatic rings. The van der Waals surface area contributed by atoms with Crippen LogP contribution in [0, 0.1) is 5.82 Å². The summed E-state index contributed by atoms with van der Waals surface area (Å²) in [6.07, 6.45) is 3.36. The van der Waals surface area contributed by atoms with Crippen molar-refractivity contribution in [3.63, 3.8) is 0 Å². The monoisotopic (exact) mass is 441 g/mol. The van der Waals surface area contributed by atoms with Crippen molar-refractivity contribution in [2.75, 3.05) is 6.61 Å². The molecule has 9 heteroatoms. The van der Waals surface area contributed by atoms with Crippen LogP contribution in [-0.4, -0.2) is 37.2 Å². The Bertz CT molecular complexity index is 1210. The number of hydrogen-bond donors (Lipinski definition) is 2. The number of rotatable bonds is 3. The van der Waals surface area contributed by atoms with Gasteiger partial charge in [-0.25, -0.2) is 9.38 Å². The molecule has 5 rings (SSSR count). The smallest absolute Gasteiger partial charge is 0.271 e. The molecule has 2 aromatic heterocycles. The highest BCUT2D eigenvalue weighted by atomic mass is 32.2. The molecule has 0 amide bonds. The van der Waals surface area contributed by atoms with Crippen molar-refractivity contribution in [2.45, 2.75) is 50.5 Å². The van der Waals surface area contributed by atoms with E-state index in [1.54, 1.807) is 18.3 Å². The number of nitrogens with one attached hydrogen (secondary N) is 2. The van der Waals surface area contributed by atoms with E-state index in [1.807, 2.05) is 11.6 Å². The number of aromatic nitrogens is 4. The minimum atomic E-state index is -0.296. The molecule has 2 unspecified atom stereocenters. The van der Waals surface area contributed by atoms with Crippen LogP contribution in [-0.2, 0) is 4.74 Å². The average Bonchev–Trinajstić information content (AvgIpc) is 3.32. The molecule has 2 aliphatic rings. The molecule has 1 fully saturated rings. The second-order valence-electron chi connectivity index (χ2n) is 8.64. The first-order valence-electron chi connectivity index (χ1n) is 10.3.